The molecule has 1 fully saturated rings. The number of alkyl carbamates (subject to hydrolysis) is 1. The Morgan fingerprint density at radius 1 is 1.05 bits per heavy atom. The van der Waals surface area contributed by atoms with Crippen molar-refractivity contribution in [3.05, 3.63) is 71.8 Å². The first-order valence-electron chi connectivity index (χ1n) is 13.9. The second-order valence-electron chi connectivity index (χ2n) is 10.5. The number of hydrogen-bond acceptors (Lipinski definition) is 5. The topological polar surface area (TPSA) is 77.0 Å². The van der Waals surface area contributed by atoms with Crippen LogP contribution in [0, 0.1) is 11.8 Å². The monoisotopic (exact) mass is 733 g/mol. The third-order valence-electron chi connectivity index (χ3n) is 7.57. The van der Waals surface area contributed by atoms with Crippen LogP contribution in [-0.2, 0) is 50.8 Å². The van der Waals surface area contributed by atoms with Gasteiger partial charge < -0.3 is 0 Å². The Kier molecular flexibility index (Phi) is 13.9. The van der Waals surface area contributed by atoms with Crippen LogP contribution in [-0.4, -0.2) is 42.2 Å². The minimum atomic E-state index is -1.83. The van der Waals surface area contributed by atoms with Crippen molar-refractivity contribution in [3.63, 3.8) is 0 Å². The molecular formula is C30H42ClHgNO5. The fourth-order valence-electron chi connectivity index (χ4n) is 5.25. The summed E-state index contributed by atoms with van der Waals surface area (Å²) < 4.78 is 18.1. The fourth-order valence-corrected chi connectivity index (χ4v) is 13.2. The van der Waals surface area contributed by atoms with E-state index in [1.54, 1.807) is 0 Å². The fraction of sp³-hybridized carbons (Fsp3) is 0.567. The van der Waals surface area contributed by atoms with Crippen LogP contribution in [0.4, 0.5) is 4.79 Å². The van der Waals surface area contributed by atoms with Crippen LogP contribution >= 0.6 is 8.25 Å². The predicted molar refractivity (Wildman–Crippen MR) is 146 cm³/mol. The Hall–Kier alpha value is -1.18. The van der Waals surface area contributed by atoms with Gasteiger partial charge in [0.05, 0.1) is 0 Å². The Labute approximate surface area is 243 Å². The Balaban J connectivity index is 1.49. The van der Waals surface area contributed by atoms with Gasteiger partial charge in [0.2, 0.25) is 0 Å². The maximum absolute atomic E-state index is 12.6. The van der Waals surface area contributed by atoms with Gasteiger partial charge in [0.1, 0.15) is 0 Å². The summed E-state index contributed by atoms with van der Waals surface area (Å²) in [6.45, 7) is 7.48. The Morgan fingerprint density at radius 2 is 1.66 bits per heavy atom. The average molecular weight is 733 g/mol. The molecule has 3 rings (SSSR count). The number of amides is 1. The number of ether oxygens (including phenoxy) is 3. The number of hydrogen-bond donors (Lipinski definition) is 2. The third-order valence-corrected chi connectivity index (χ3v) is 16.3. The van der Waals surface area contributed by atoms with Gasteiger partial charge in [-0.05, 0) is 0 Å². The molecule has 0 saturated carbocycles. The first kappa shape index (κ1) is 31.3. The predicted octanol–water partition coefficient (Wildman–Crippen LogP) is 6.50. The molecule has 0 aromatic heterocycles. The van der Waals surface area contributed by atoms with Crippen molar-refractivity contribution in [1.29, 1.82) is 0 Å². The molecule has 38 heavy (non-hydrogen) atoms. The molecule has 2 aromatic carbocycles. The summed E-state index contributed by atoms with van der Waals surface area (Å²) in [6, 6.07) is 19.7. The van der Waals surface area contributed by atoms with Gasteiger partial charge in [0.15, 0.2) is 0 Å². The Morgan fingerprint density at radius 3 is 2.26 bits per heavy atom. The van der Waals surface area contributed by atoms with E-state index in [4.69, 9.17) is 22.5 Å². The van der Waals surface area contributed by atoms with Gasteiger partial charge in [-0.25, -0.2) is 0 Å². The van der Waals surface area contributed by atoms with Gasteiger partial charge in [-0.1, -0.05) is 18.2 Å². The summed E-state index contributed by atoms with van der Waals surface area (Å²) in [5.74, 6) is -0.0227. The molecule has 2 aromatic rings. The van der Waals surface area contributed by atoms with Crippen molar-refractivity contribution in [1.82, 2.24) is 5.32 Å². The Bertz CT molecular complexity index is 937. The number of halogens is 1. The summed E-state index contributed by atoms with van der Waals surface area (Å²) >= 11 is -1.83. The number of benzene rings is 2. The van der Waals surface area contributed by atoms with Gasteiger partial charge in [0, 0.05) is 0 Å². The van der Waals surface area contributed by atoms with Crippen molar-refractivity contribution >= 4 is 14.3 Å². The van der Waals surface area contributed by atoms with E-state index in [9.17, 15) is 9.90 Å². The van der Waals surface area contributed by atoms with Crippen LogP contribution in [0.5, 0.6) is 0 Å². The molecule has 206 valence electrons. The second-order valence-corrected chi connectivity index (χ2v) is 18.1. The summed E-state index contributed by atoms with van der Waals surface area (Å²) in [7, 11) is 6.67. The molecule has 1 saturated heterocycles. The average Bonchev–Trinajstić information content (AvgIpc) is 3.42. The van der Waals surface area contributed by atoms with Crippen molar-refractivity contribution in [2.24, 2.45) is 11.8 Å². The van der Waals surface area contributed by atoms with Crippen molar-refractivity contribution in [2.75, 3.05) is 6.61 Å². The zero-order valence-corrected chi connectivity index (χ0v) is 29.2. The first-order chi connectivity index (χ1) is 18.4. The van der Waals surface area contributed by atoms with Gasteiger partial charge in [0.25, 0.3) is 0 Å². The van der Waals surface area contributed by atoms with E-state index in [1.807, 2.05) is 67.6 Å². The van der Waals surface area contributed by atoms with Gasteiger partial charge >= 0.3 is 227 Å². The minimum absolute atomic E-state index is 0.00548. The standard InChI is InChI=1S/C30H42NO5.ClH.Hg/c1-4-11-26(31-30(33)35-21-25-14-9-6-10-15-25)18-27-16-17-28(36-27)23(3)29(32)22(2)19-34-20-24-12-7-5-8-13-24;;/h5-10,12-15,18,22-23,26-29,32H,4,11,16-17,19-21H2,1-3H3,(H,31,33);1H;/q;;+1/p-1/t22-,23-,26-,27+,28-,29-;;/m1../s1. The van der Waals surface area contributed by atoms with Gasteiger partial charge in [-0.2, -0.15) is 0 Å². The molecule has 6 nitrogen and oxygen atoms in total. The SMILES string of the molecule is CCC[C@@H](NC(=O)OCc1ccccc1)[C@H]([Hg][Cl])[C@@H]1CC[C@H]([C@@H](C)[C@H](O)[C@H](C)COCc2ccccc2)O1. The molecule has 0 radical (unpaired) electrons. The molecule has 0 bridgehead atoms. The van der Waals surface area contributed by atoms with Gasteiger partial charge in [-0.15, -0.1) is 0 Å². The molecule has 7 atom stereocenters. The number of rotatable bonds is 15. The van der Waals surface area contributed by atoms with E-state index >= 15 is 0 Å². The zero-order valence-electron chi connectivity index (χ0n) is 22.9. The number of carbonyl (C=O) groups excluding carboxylic acids is 1. The third kappa shape index (κ3) is 9.78. The molecule has 1 heterocycles. The number of carbonyl (C=O) groups is 1. The summed E-state index contributed by atoms with van der Waals surface area (Å²) in [5, 5.41) is 14.1. The van der Waals surface area contributed by atoms with Crippen LogP contribution in [0.15, 0.2) is 60.7 Å². The van der Waals surface area contributed by atoms with E-state index in [0.717, 1.165) is 36.8 Å². The quantitative estimate of drug-likeness (QED) is 0.205. The van der Waals surface area contributed by atoms with Crippen LogP contribution in [0.3, 0.4) is 0 Å². The molecule has 2 N–H and O–H groups in total. The normalized spacial score (nSPS) is 21.1. The molecule has 8 heteroatoms. The molecule has 1 amide bonds. The molecule has 0 unspecified atom stereocenters. The van der Waals surface area contributed by atoms with Crippen molar-refractivity contribution < 1.29 is 47.5 Å². The van der Waals surface area contributed by atoms with Crippen LogP contribution in [0.25, 0.3) is 0 Å². The first-order valence-corrected chi connectivity index (χ1v) is 23.9. The maximum atomic E-state index is 12.6. The summed E-state index contributed by atoms with van der Waals surface area (Å²) in [6.07, 6.45) is 2.64. The van der Waals surface area contributed by atoms with Crippen LogP contribution in [0.2, 0.25) is 3.43 Å². The molecule has 0 spiro atoms. The van der Waals surface area contributed by atoms with Gasteiger partial charge in [-0.3, -0.25) is 0 Å². The van der Waals surface area contributed by atoms with E-state index in [2.05, 4.69) is 19.2 Å². The van der Waals surface area contributed by atoms with E-state index in [1.165, 1.54) is 0 Å². The van der Waals surface area contributed by atoms with Crippen LogP contribution < -0.4 is 5.32 Å². The number of aliphatic hydroxyl groups excluding tert-OH is 1. The molecule has 1 aliphatic heterocycles. The van der Waals surface area contributed by atoms with E-state index in [-0.39, 0.29) is 40.1 Å². The number of nitrogens with one attached hydrogen (secondary N) is 1. The summed E-state index contributed by atoms with van der Waals surface area (Å²) in [5.41, 5.74) is 2.08. The van der Waals surface area contributed by atoms with Crippen molar-refractivity contribution in [2.45, 2.75) is 87.4 Å². The van der Waals surface area contributed by atoms with E-state index < -0.39 is 35.5 Å². The summed E-state index contributed by atoms with van der Waals surface area (Å²) in [4.78, 5) is 12.6. The molecule has 1 aliphatic rings. The molecule has 0 aliphatic carbocycles. The van der Waals surface area contributed by atoms with Crippen molar-refractivity contribution in [3.8, 4) is 0 Å². The second kappa shape index (κ2) is 16.8. The van der Waals surface area contributed by atoms with E-state index in [0.29, 0.717) is 13.2 Å². The van der Waals surface area contributed by atoms with Crippen LogP contribution in [0.1, 0.15) is 57.6 Å². The number of aliphatic hydroxyl groups is 1. The zero-order chi connectivity index (χ0) is 27.3. The molecular weight excluding hydrogens is 690 g/mol.